The van der Waals surface area contributed by atoms with Crippen LogP contribution in [0.1, 0.15) is 11.4 Å². The molecule has 0 amide bonds. The summed E-state index contributed by atoms with van der Waals surface area (Å²) in [5.41, 5.74) is 7.36. The molecule has 0 aliphatic carbocycles. The van der Waals surface area contributed by atoms with E-state index < -0.39 is 0 Å². The Hall–Kier alpha value is -2.30. The minimum absolute atomic E-state index is 0.107. The Morgan fingerprint density at radius 2 is 2.00 bits per heavy atom. The Bertz CT molecular complexity index is 569. The van der Waals surface area contributed by atoms with Crippen molar-refractivity contribution in [1.29, 1.82) is 5.41 Å². The summed E-state index contributed by atoms with van der Waals surface area (Å²) in [6, 6.07) is 7.79. The molecule has 1 aromatic carbocycles. The third kappa shape index (κ3) is 1.84. The first-order chi connectivity index (χ1) is 8.74. The van der Waals surface area contributed by atoms with Gasteiger partial charge in [0.15, 0.2) is 0 Å². The third-order valence-electron chi connectivity index (χ3n) is 3.29. The number of anilines is 1. The summed E-state index contributed by atoms with van der Waals surface area (Å²) < 4.78 is 2.18. The van der Waals surface area contributed by atoms with Crippen LogP contribution >= 0.6 is 0 Å². The van der Waals surface area contributed by atoms with Crippen LogP contribution in [0.3, 0.4) is 0 Å². The molecule has 0 atom stereocenters. The lowest BCUT2D eigenvalue weighted by molar-refractivity contribution is 0.560. The van der Waals surface area contributed by atoms with Gasteiger partial charge in [0.2, 0.25) is 0 Å². The van der Waals surface area contributed by atoms with Crippen LogP contribution < -0.4 is 10.6 Å². The fraction of sp³-hybridized carbons (Fsp3) is 0.231. The zero-order chi connectivity index (χ0) is 12.5. The van der Waals surface area contributed by atoms with E-state index in [1.807, 2.05) is 36.7 Å². The van der Waals surface area contributed by atoms with Crippen molar-refractivity contribution in [2.45, 2.75) is 13.1 Å². The summed E-state index contributed by atoms with van der Waals surface area (Å²) in [4.78, 5) is 6.63. The molecule has 1 aliphatic rings. The number of amidine groups is 1. The number of aromatic nitrogens is 2. The molecule has 0 bridgehead atoms. The SMILES string of the molecule is N=C(N)c1ccc(N2CCn3ccnc3C2)cc1. The van der Waals surface area contributed by atoms with Crippen molar-refractivity contribution in [1.82, 2.24) is 9.55 Å². The highest BCUT2D eigenvalue weighted by Gasteiger charge is 2.16. The number of nitrogens with one attached hydrogen (secondary N) is 1. The fourth-order valence-corrected chi connectivity index (χ4v) is 2.25. The van der Waals surface area contributed by atoms with Crippen LogP contribution in [0.25, 0.3) is 0 Å². The second-order valence-corrected chi connectivity index (χ2v) is 4.42. The van der Waals surface area contributed by atoms with Gasteiger partial charge in [-0.1, -0.05) is 0 Å². The number of benzene rings is 1. The molecule has 5 heteroatoms. The fourth-order valence-electron chi connectivity index (χ4n) is 2.25. The molecule has 0 saturated heterocycles. The van der Waals surface area contributed by atoms with Crippen molar-refractivity contribution < 1.29 is 0 Å². The van der Waals surface area contributed by atoms with E-state index in [2.05, 4.69) is 14.5 Å². The number of hydrogen-bond donors (Lipinski definition) is 2. The second-order valence-electron chi connectivity index (χ2n) is 4.42. The van der Waals surface area contributed by atoms with Crippen LogP contribution in [0, 0.1) is 5.41 Å². The van der Waals surface area contributed by atoms with Crippen LogP contribution in [-0.2, 0) is 13.1 Å². The first kappa shape index (κ1) is 10.8. The Kier molecular flexibility index (Phi) is 2.51. The van der Waals surface area contributed by atoms with Crippen LogP contribution in [0.5, 0.6) is 0 Å². The molecule has 92 valence electrons. The molecule has 3 N–H and O–H groups in total. The number of rotatable bonds is 2. The van der Waals surface area contributed by atoms with Gasteiger partial charge < -0.3 is 15.2 Å². The summed E-state index contributed by atoms with van der Waals surface area (Å²) >= 11 is 0. The second kappa shape index (κ2) is 4.18. The number of nitrogens with zero attached hydrogens (tertiary/aromatic N) is 3. The van der Waals surface area contributed by atoms with Gasteiger partial charge in [-0.3, -0.25) is 5.41 Å². The highest BCUT2D eigenvalue weighted by atomic mass is 15.2. The predicted octanol–water partition coefficient (Wildman–Crippen LogP) is 1.19. The number of nitrogen functional groups attached to an aromatic ring is 1. The van der Waals surface area contributed by atoms with Crippen LogP contribution in [0.15, 0.2) is 36.7 Å². The lowest BCUT2D eigenvalue weighted by atomic mass is 10.1. The predicted molar refractivity (Wildman–Crippen MR) is 70.7 cm³/mol. The molecule has 2 aromatic rings. The van der Waals surface area contributed by atoms with E-state index >= 15 is 0 Å². The van der Waals surface area contributed by atoms with Crippen molar-refractivity contribution in [3.63, 3.8) is 0 Å². The number of imidazole rings is 1. The average Bonchev–Trinajstić information content (AvgIpc) is 2.86. The van der Waals surface area contributed by atoms with E-state index in [0.717, 1.165) is 36.7 Å². The number of fused-ring (bicyclic) bond motifs is 1. The van der Waals surface area contributed by atoms with Crippen LogP contribution in [0.4, 0.5) is 5.69 Å². The molecular weight excluding hydrogens is 226 g/mol. The zero-order valence-corrected chi connectivity index (χ0v) is 10.0. The van der Waals surface area contributed by atoms with Gasteiger partial charge in [0.1, 0.15) is 11.7 Å². The molecule has 0 saturated carbocycles. The van der Waals surface area contributed by atoms with E-state index in [1.165, 1.54) is 0 Å². The average molecular weight is 241 g/mol. The van der Waals surface area contributed by atoms with E-state index in [1.54, 1.807) is 0 Å². The van der Waals surface area contributed by atoms with Crippen molar-refractivity contribution in [3.05, 3.63) is 48.0 Å². The third-order valence-corrected chi connectivity index (χ3v) is 3.29. The summed E-state index contributed by atoms with van der Waals surface area (Å²) in [6.07, 6.45) is 3.86. The maximum absolute atomic E-state index is 7.38. The lowest BCUT2D eigenvalue weighted by Crippen LogP contribution is -2.33. The van der Waals surface area contributed by atoms with Gasteiger partial charge in [-0.05, 0) is 24.3 Å². The monoisotopic (exact) mass is 241 g/mol. The van der Waals surface area contributed by atoms with Crippen molar-refractivity contribution >= 4 is 11.5 Å². The molecule has 1 aromatic heterocycles. The smallest absolute Gasteiger partial charge is 0.128 e. The Morgan fingerprint density at radius 3 is 2.72 bits per heavy atom. The molecule has 0 unspecified atom stereocenters. The van der Waals surface area contributed by atoms with E-state index in [-0.39, 0.29) is 5.84 Å². The molecule has 3 rings (SSSR count). The van der Waals surface area contributed by atoms with E-state index in [0.29, 0.717) is 0 Å². The maximum atomic E-state index is 7.38. The van der Waals surface area contributed by atoms with Gasteiger partial charge in [-0.25, -0.2) is 4.98 Å². The molecular formula is C13H15N5. The largest absolute Gasteiger partial charge is 0.384 e. The van der Waals surface area contributed by atoms with E-state index in [4.69, 9.17) is 11.1 Å². The molecule has 2 heterocycles. The minimum atomic E-state index is 0.107. The van der Waals surface area contributed by atoms with Gasteiger partial charge >= 0.3 is 0 Å². The topological polar surface area (TPSA) is 70.9 Å². The summed E-state index contributed by atoms with van der Waals surface area (Å²) in [5.74, 6) is 1.20. The van der Waals surface area contributed by atoms with Crippen molar-refractivity contribution in [2.24, 2.45) is 5.73 Å². The first-order valence-corrected chi connectivity index (χ1v) is 5.93. The summed E-state index contributed by atoms with van der Waals surface area (Å²) in [5, 5.41) is 7.38. The maximum Gasteiger partial charge on any atom is 0.128 e. The van der Waals surface area contributed by atoms with E-state index in [9.17, 15) is 0 Å². The van der Waals surface area contributed by atoms with Gasteiger partial charge in [-0.2, -0.15) is 0 Å². The van der Waals surface area contributed by atoms with Crippen molar-refractivity contribution in [3.8, 4) is 0 Å². The number of nitrogens with two attached hydrogens (primary N) is 1. The molecule has 1 aliphatic heterocycles. The summed E-state index contributed by atoms with van der Waals surface area (Å²) in [6.45, 7) is 2.76. The van der Waals surface area contributed by atoms with Gasteiger partial charge in [0.25, 0.3) is 0 Å². The van der Waals surface area contributed by atoms with Crippen LogP contribution in [0.2, 0.25) is 0 Å². The Morgan fingerprint density at radius 1 is 1.22 bits per heavy atom. The Labute approximate surface area is 105 Å². The first-order valence-electron chi connectivity index (χ1n) is 5.93. The van der Waals surface area contributed by atoms with Crippen LogP contribution in [-0.4, -0.2) is 21.9 Å². The lowest BCUT2D eigenvalue weighted by Gasteiger charge is -2.29. The summed E-state index contributed by atoms with van der Waals surface area (Å²) in [7, 11) is 0. The normalized spacial score (nSPS) is 14.3. The molecule has 0 spiro atoms. The highest BCUT2D eigenvalue weighted by molar-refractivity contribution is 5.95. The quantitative estimate of drug-likeness (QED) is 0.613. The van der Waals surface area contributed by atoms with Gasteiger partial charge in [0.05, 0.1) is 6.54 Å². The highest BCUT2D eigenvalue weighted by Crippen LogP contribution is 2.20. The molecule has 0 radical (unpaired) electrons. The molecule has 5 nitrogen and oxygen atoms in total. The molecule has 18 heavy (non-hydrogen) atoms. The van der Waals surface area contributed by atoms with Gasteiger partial charge in [-0.15, -0.1) is 0 Å². The van der Waals surface area contributed by atoms with Gasteiger partial charge in [0, 0.05) is 36.7 Å². The zero-order valence-electron chi connectivity index (χ0n) is 10.0. The minimum Gasteiger partial charge on any atom is -0.384 e. The van der Waals surface area contributed by atoms with Crippen molar-refractivity contribution in [2.75, 3.05) is 11.4 Å². The Balaban J connectivity index is 1.82. The standard InChI is InChI=1S/C13H15N5/c14-13(15)10-1-3-11(4-2-10)18-8-7-17-6-5-16-12(17)9-18/h1-6H,7-9H2,(H3,14,15). The number of hydrogen-bond acceptors (Lipinski definition) is 3. The molecule has 0 fully saturated rings.